The van der Waals surface area contributed by atoms with Crippen molar-refractivity contribution in [3.63, 3.8) is 0 Å². The van der Waals surface area contributed by atoms with E-state index in [9.17, 15) is 0 Å². The Bertz CT molecular complexity index is 101. The second-order valence-corrected chi connectivity index (χ2v) is 2.02. The van der Waals surface area contributed by atoms with Crippen LogP contribution in [0.15, 0.2) is 4.99 Å². The molecule has 3 atom stereocenters. The van der Waals surface area contributed by atoms with Crippen molar-refractivity contribution in [3.05, 3.63) is 0 Å². The molecule has 1 aliphatic rings. The zero-order valence-corrected chi connectivity index (χ0v) is 4.65. The Hall–Kier alpha value is -0.410. The number of hydrogen-bond acceptors (Lipinski definition) is 3. The zero-order chi connectivity index (χ0) is 6.15. The van der Waals surface area contributed by atoms with Gasteiger partial charge in [0.25, 0.3) is 0 Å². The van der Waals surface area contributed by atoms with Crippen molar-refractivity contribution in [1.29, 1.82) is 0 Å². The molecule has 1 heterocycles. The van der Waals surface area contributed by atoms with E-state index in [0.717, 1.165) is 0 Å². The van der Waals surface area contributed by atoms with Crippen LogP contribution < -0.4 is 0 Å². The van der Waals surface area contributed by atoms with E-state index in [0.29, 0.717) is 0 Å². The summed E-state index contributed by atoms with van der Waals surface area (Å²) in [6.45, 7) is 1.76. The fraction of sp³-hybridized carbons (Fsp3) is 0.800. The Morgan fingerprint density at radius 2 is 2.12 bits per heavy atom. The van der Waals surface area contributed by atoms with Crippen LogP contribution in [0, 0.1) is 0 Å². The van der Waals surface area contributed by atoms with Crippen LogP contribution in [-0.4, -0.2) is 34.7 Å². The van der Waals surface area contributed by atoms with Crippen LogP contribution >= 0.6 is 0 Å². The number of hydrogen-bond donors (Lipinski definition) is 2. The van der Waals surface area contributed by atoms with Crippen LogP contribution in [0.4, 0.5) is 0 Å². The van der Waals surface area contributed by atoms with Crippen LogP contribution in [-0.2, 0) is 0 Å². The van der Waals surface area contributed by atoms with Crippen molar-refractivity contribution >= 4 is 6.21 Å². The predicted octanol–water partition coefficient (Wildman–Crippen LogP) is -0.819. The average Bonchev–Trinajstić information content (AvgIpc) is 1.98. The number of aliphatic hydroxyl groups is 2. The molecule has 1 aliphatic heterocycles. The van der Waals surface area contributed by atoms with Gasteiger partial charge < -0.3 is 10.2 Å². The second kappa shape index (κ2) is 1.84. The molecule has 0 radical (unpaired) electrons. The minimum Gasteiger partial charge on any atom is -0.388 e. The third-order valence-electron chi connectivity index (χ3n) is 1.32. The van der Waals surface area contributed by atoms with E-state index in [-0.39, 0.29) is 6.04 Å². The minimum atomic E-state index is -0.745. The number of rotatable bonds is 0. The number of nitrogens with zero attached hydrogens (tertiary/aromatic N) is 1. The lowest BCUT2D eigenvalue weighted by atomic mass is 10.2. The third kappa shape index (κ3) is 0.743. The molecule has 0 aliphatic carbocycles. The van der Waals surface area contributed by atoms with Gasteiger partial charge in [0.1, 0.15) is 12.2 Å². The Labute approximate surface area is 47.7 Å². The van der Waals surface area contributed by atoms with E-state index < -0.39 is 12.2 Å². The lowest BCUT2D eigenvalue weighted by Crippen LogP contribution is -2.28. The van der Waals surface area contributed by atoms with E-state index in [1.165, 1.54) is 6.21 Å². The van der Waals surface area contributed by atoms with E-state index >= 15 is 0 Å². The molecule has 0 saturated carbocycles. The molecule has 0 spiro atoms. The van der Waals surface area contributed by atoms with Crippen LogP contribution in [0.5, 0.6) is 0 Å². The fourth-order valence-corrected chi connectivity index (χ4v) is 0.686. The Morgan fingerprint density at radius 3 is 2.25 bits per heavy atom. The number of aliphatic hydroxyl groups excluding tert-OH is 2. The summed E-state index contributed by atoms with van der Waals surface area (Å²) in [6, 6.07) is -0.134. The van der Waals surface area contributed by atoms with Gasteiger partial charge in [-0.3, -0.25) is 4.99 Å². The quantitative estimate of drug-likeness (QED) is 0.433. The van der Waals surface area contributed by atoms with Crippen LogP contribution in [0.2, 0.25) is 0 Å². The first-order valence-electron chi connectivity index (χ1n) is 2.61. The summed E-state index contributed by atoms with van der Waals surface area (Å²) in [6.07, 6.45) is -0.0602. The summed E-state index contributed by atoms with van der Waals surface area (Å²) >= 11 is 0. The highest BCUT2D eigenvalue weighted by atomic mass is 16.3. The molecule has 46 valence electrons. The van der Waals surface area contributed by atoms with Crippen LogP contribution in [0.1, 0.15) is 6.92 Å². The summed E-state index contributed by atoms with van der Waals surface area (Å²) < 4.78 is 0. The first-order chi connectivity index (χ1) is 3.72. The monoisotopic (exact) mass is 115 g/mol. The number of aliphatic imine (C=N–C) groups is 1. The molecule has 3 nitrogen and oxygen atoms in total. The SMILES string of the molecule is C[C@@H]1N=C[C@H](O)[C@@H]1O. The molecular formula is C5H9NO2. The Balaban J connectivity index is 2.55. The van der Waals surface area contributed by atoms with Gasteiger partial charge in [-0.25, -0.2) is 0 Å². The molecule has 3 heteroatoms. The normalized spacial score (nSPS) is 45.6. The smallest absolute Gasteiger partial charge is 0.117 e. The van der Waals surface area contributed by atoms with Crippen LogP contribution in [0.25, 0.3) is 0 Å². The molecule has 0 fully saturated rings. The highest BCUT2D eigenvalue weighted by Crippen LogP contribution is 2.08. The summed E-state index contributed by atoms with van der Waals surface area (Å²) in [5.74, 6) is 0. The highest BCUT2D eigenvalue weighted by Gasteiger charge is 2.25. The topological polar surface area (TPSA) is 52.8 Å². The van der Waals surface area contributed by atoms with Crippen molar-refractivity contribution in [1.82, 2.24) is 0 Å². The predicted molar refractivity (Wildman–Crippen MR) is 30.0 cm³/mol. The van der Waals surface area contributed by atoms with Gasteiger partial charge in [0, 0.05) is 6.21 Å². The lowest BCUT2D eigenvalue weighted by molar-refractivity contribution is 0.0608. The van der Waals surface area contributed by atoms with Crippen molar-refractivity contribution < 1.29 is 10.2 Å². The first-order valence-corrected chi connectivity index (χ1v) is 2.61. The molecule has 8 heavy (non-hydrogen) atoms. The molecule has 2 N–H and O–H groups in total. The maximum atomic E-state index is 8.89. The van der Waals surface area contributed by atoms with E-state index in [1.54, 1.807) is 6.92 Å². The van der Waals surface area contributed by atoms with E-state index in [1.807, 2.05) is 0 Å². The maximum Gasteiger partial charge on any atom is 0.117 e. The van der Waals surface area contributed by atoms with Gasteiger partial charge >= 0.3 is 0 Å². The largest absolute Gasteiger partial charge is 0.388 e. The van der Waals surface area contributed by atoms with Gasteiger partial charge in [0.2, 0.25) is 0 Å². The fourth-order valence-electron chi connectivity index (χ4n) is 0.686. The molecule has 0 bridgehead atoms. The zero-order valence-electron chi connectivity index (χ0n) is 4.65. The Kier molecular flexibility index (Phi) is 1.31. The molecule has 0 aromatic heterocycles. The summed E-state index contributed by atoms with van der Waals surface area (Å²) in [5.41, 5.74) is 0. The third-order valence-corrected chi connectivity index (χ3v) is 1.32. The van der Waals surface area contributed by atoms with Crippen molar-refractivity contribution in [3.8, 4) is 0 Å². The van der Waals surface area contributed by atoms with E-state index in [2.05, 4.69) is 4.99 Å². The van der Waals surface area contributed by atoms with Crippen molar-refractivity contribution in [2.75, 3.05) is 0 Å². The average molecular weight is 115 g/mol. The summed E-state index contributed by atoms with van der Waals surface area (Å²) in [5, 5.41) is 17.7. The van der Waals surface area contributed by atoms with Gasteiger partial charge in [0.05, 0.1) is 6.04 Å². The second-order valence-electron chi connectivity index (χ2n) is 2.02. The highest BCUT2D eigenvalue weighted by molar-refractivity contribution is 5.66. The van der Waals surface area contributed by atoms with Crippen LogP contribution in [0.3, 0.4) is 0 Å². The van der Waals surface area contributed by atoms with Gasteiger partial charge in [-0.1, -0.05) is 0 Å². The van der Waals surface area contributed by atoms with E-state index in [4.69, 9.17) is 10.2 Å². The summed E-state index contributed by atoms with van der Waals surface area (Å²) in [4.78, 5) is 3.77. The molecule has 0 amide bonds. The molecular weight excluding hydrogens is 106 g/mol. The molecule has 0 aromatic carbocycles. The molecule has 0 unspecified atom stereocenters. The van der Waals surface area contributed by atoms with Gasteiger partial charge in [-0.05, 0) is 6.92 Å². The maximum absolute atomic E-state index is 8.89. The molecule has 0 aromatic rings. The van der Waals surface area contributed by atoms with Crippen molar-refractivity contribution in [2.45, 2.75) is 25.2 Å². The molecule has 0 saturated heterocycles. The van der Waals surface area contributed by atoms with Crippen molar-refractivity contribution in [2.24, 2.45) is 4.99 Å². The van der Waals surface area contributed by atoms with Gasteiger partial charge in [-0.15, -0.1) is 0 Å². The molecule has 1 rings (SSSR count). The summed E-state index contributed by atoms with van der Waals surface area (Å²) in [7, 11) is 0. The minimum absolute atomic E-state index is 0.134. The Morgan fingerprint density at radius 1 is 1.50 bits per heavy atom. The van der Waals surface area contributed by atoms with Gasteiger partial charge in [0.15, 0.2) is 0 Å². The standard InChI is InChI=1S/C5H9NO2/c1-3-5(8)4(7)2-6-3/h2-5,7-8H,1H3/t3-,4-,5+/m0/s1. The van der Waals surface area contributed by atoms with Gasteiger partial charge in [-0.2, -0.15) is 0 Å². The first kappa shape index (κ1) is 5.72. The lowest BCUT2D eigenvalue weighted by Gasteiger charge is -2.08.